The molecule has 1 saturated heterocycles. The first kappa shape index (κ1) is 36.9. The van der Waals surface area contributed by atoms with E-state index in [1.807, 2.05) is 6.08 Å². The number of anilines is 1. The molecule has 5 atom stereocenters. The van der Waals surface area contributed by atoms with Crippen LogP contribution in [0.3, 0.4) is 0 Å². The largest absolute Gasteiger partial charge is 0.460 e. The van der Waals surface area contributed by atoms with Crippen LogP contribution in [-0.2, 0) is 37.3 Å². The fourth-order valence-corrected chi connectivity index (χ4v) is 5.78. The number of aromatic nitrogens is 3. The van der Waals surface area contributed by atoms with Gasteiger partial charge in [-0.05, 0) is 19.8 Å². The number of ketones is 1. The summed E-state index contributed by atoms with van der Waals surface area (Å²) in [5, 5.41) is 20.2. The molecule has 264 valence electrons. The number of oxazole rings is 1. The maximum atomic E-state index is 13.7. The lowest BCUT2D eigenvalue weighted by Crippen LogP contribution is -2.44. The predicted molar refractivity (Wildman–Crippen MR) is 176 cm³/mol. The number of esters is 1. The Labute approximate surface area is 284 Å². The first-order valence-electron chi connectivity index (χ1n) is 16.2. The lowest BCUT2D eigenvalue weighted by molar-refractivity contribution is -0.159. The minimum atomic E-state index is -1.03. The number of carbonyl (C=O) groups is 5. The van der Waals surface area contributed by atoms with Gasteiger partial charge in [0.15, 0.2) is 11.5 Å². The second-order valence-corrected chi connectivity index (χ2v) is 12.4. The van der Waals surface area contributed by atoms with E-state index in [1.54, 1.807) is 58.3 Å². The number of hydrogen-bond donors (Lipinski definition) is 3. The molecule has 0 saturated carbocycles. The Morgan fingerprint density at radius 3 is 2.82 bits per heavy atom. The molecule has 2 aliphatic rings. The molecule has 2 aromatic rings. The quantitative estimate of drug-likeness (QED) is 0.309. The van der Waals surface area contributed by atoms with Crippen molar-refractivity contribution in [3.63, 3.8) is 0 Å². The zero-order chi connectivity index (χ0) is 35.5. The van der Waals surface area contributed by atoms with Gasteiger partial charge in [-0.3, -0.25) is 24.4 Å². The van der Waals surface area contributed by atoms with E-state index in [0.717, 1.165) is 18.1 Å². The van der Waals surface area contributed by atoms with Crippen LogP contribution in [0.15, 0.2) is 58.4 Å². The van der Waals surface area contributed by atoms with Crippen molar-refractivity contribution in [2.75, 3.05) is 31.6 Å². The standard InChI is InChI=1S/C34H44N6O9/c1-21-7-5-10-35-17-24(18-41)14-22(2)31(23(3)19-48-34(46)37-29-9-12-39(4)38-29)49-33(45)28-8-6-11-40(28)32(44)27-20-47-30(36-27)16-26(43)15-25(42)13-21/h5,7,9,12-14,18,20,22-23,25,28,31,35,42H,6,8,10-11,15-17,19H2,1-4H3,(H,37,38,46)/b7-5+,21-13+,24-14+/t22-,23-,25-,28-,31+/m1/s1. The smallest absolute Gasteiger partial charge is 0.412 e. The number of rotatable bonds is 5. The number of ether oxygens (including phenoxy) is 2. The number of cyclic esters (lactones) is 1. The Bertz CT molecular complexity index is 1590. The number of aryl methyl sites for hydroxylation is 1. The summed E-state index contributed by atoms with van der Waals surface area (Å²) in [6.07, 6.45) is 8.31. The number of nitrogens with one attached hydrogen (secondary N) is 2. The molecule has 3 N–H and O–H groups in total. The van der Waals surface area contributed by atoms with Gasteiger partial charge in [-0.15, -0.1) is 0 Å². The molecule has 0 radical (unpaired) electrons. The lowest BCUT2D eigenvalue weighted by atomic mass is 9.91. The molecule has 0 unspecified atom stereocenters. The molecule has 49 heavy (non-hydrogen) atoms. The third-order valence-corrected chi connectivity index (χ3v) is 8.15. The number of hydrogen-bond acceptors (Lipinski definition) is 12. The van der Waals surface area contributed by atoms with E-state index in [1.165, 1.54) is 9.58 Å². The number of fused-ring (bicyclic) bond motifs is 3. The minimum Gasteiger partial charge on any atom is -0.460 e. The van der Waals surface area contributed by atoms with Crippen molar-refractivity contribution in [1.82, 2.24) is 25.0 Å². The molecule has 2 amide bonds. The fourth-order valence-electron chi connectivity index (χ4n) is 5.78. The van der Waals surface area contributed by atoms with Crippen molar-refractivity contribution >= 4 is 35.9 Å². The van der Waals surface area contributed by atoms with Crippen molar-refractivity contribution in [3.05, 3.63) is 65.6 Å². The Balaban J connectivity index is 1.57. The van der Waals surface area contributed by atoms with Crippen LogP contribution in [0.2, 0.25) is 0 Å². The van der Waals surface area contributed by atoms with E-state index in [0.29, 0.717) is 30.8 Å². The van der Waals surface area contributed by atoms with Crippen LogP contribution in [0.25, 0.3) is 0 Å². The molecular weight excluding hydrogens is 636 g/mol. The topological polar surface area (TPSA) is 195 Å². The van der Waals surface area contributed by atoms with Crippen molar-refractivity contribution < 1.29 is 43.0 Å². The first-order valence-corrected chi connectivity index (χ1v) is 16.2. The SMILES string of the molecule is CC1=C\[C@@H](O)CC(=O)Cc2nc(co2)C(=O)N2CCC[C@@H]2C(=O)O[C@H]([C@H](C)COC(=O)Nc2ccn(C)n2)[C@H](C)/C=C(/C=O)CNC\C=C\1. The van der Waals surface area contributed by atoms with Crippen LogP contribution in [0.4, 0.5) is 10.6 Å². The van der Waals surface area contributed by atoms with Crippen LogP contribution >= 0.6 is 0 Å². The summed E-state index contributed by atoms with van der Waals surface area (Å²) in [6, 6.07) is 0.693. The van der Waals surface area contributed by atoms with Crippen LogP contribution in [-0.4, -0.2) is 99.3 Å². The van der Waals surface area contributed by atoms with Gasteiger partial charge in [-0.1, -0.05) is 43.7 Å². The Morgan fingerprint density at radius 2 is 2.08 bits per heavy atom. The van der Waals surface area contributed by atoms with Gasteiger partial charge in [0.2, 0.25) is 5.89 Å². The van der Waals surface area contributed by atoms with Crippen LogP contribution in [0, 0.1) is 11.8 Å². The molecule has 1 fully saturated rings. The number of aliphatic hydroxyl groups is 1. The highest BCUT2D eigenvalue weighted by Gasteiger charge is 2.39. The van der Waals surface area contributed by atoms with Crippen molar-refractivity contribution in [1.29, 1.82) is 0 Å². The van der Waals surface area contributed by atoms with Gasteiger partial charge >= 0.3 is 12.1 Å². The maximum absolute atomic E-state index is 13.7. The molecule has 0 aliphatic carbocycles. The van der Waals surface area contributed by atoms with Crippen LogP contribution in [0.5, 0.6) is 0 Å². The molecule has 2 bridgehead atoms. The number of allylic oxidation sites excluding steroid dienone is 2. The highest BCUT2D eigenvalue weighted by atomic mass is 16.6. The second kappa shape index (κ2) is 17.5. The number of nitrogens with zero attached hydrogens (tertiary/aromatic N) is 4. The summed E-state index contributed by atoms with van der Waals surface area (Å²) in [4.78, 5) is 69.8. The average Bonchev–Trinajstić information content (AvgIpc) is 3.82. The molecule has 4 heterocycles. The third-order valence-electron chi connectivity index (χ3n) is 8.15. The second-order valence-electron chi connectivity index (χ2n) is 12.4. The van der Waals surface area contributed by atoms with Gasteiger partial charge < -0.3 is 29.2 Å². The van der Waals surface area contributed by atoms with Crippen molar-refractivity contribution in [3.8, 4) is 0 Å². The van der Waals surface area contributed by atoms with Crippen molar-refractivity contribution in [2.24, 2.45) is 18.9 Å². The van der Waals surface area contributed by atoms with E-state index in [4.69, 9.17) is 13.9 Å². The highest BCUT2D eigenvalue weighted by molar-refractivity contribution is 5.95. The van der Waals surface area contributed by atoms with Gasteiger partial charge in [0.1, 0.15) is 30.5 Å². The van der Waals surface area contributed by atoms with Gasteiger partial charge in [-0.2, -0.15) is 5.10 Å². The molecule has 4 rings (SSSR count). The summed E-state index contributed by atoms with van der Waals surface area (Å²) in [5.74, 6) is -2.20. The van der Waals surface area contributed by atoms with Gasteiger partial charge in [-0.25, -0.2) is 14.6 Å². The number of aldehydes is 1. The number of Topliss-reactive ketones (excluding diaryl/α,β-unsaturated/α-hetero) is 1. The Hall–Kier alpha value is -4.89. The first-order chi connectivity index (χ1) is 23.4. The fraction of sp³-hybridized carbons (Fsp3) is 0.500. The minimum absolute atomic E-state index is 0.0245. The van der Waals surface area contributed by atoms with E-state index < -0.39 is 48.1 Å². The number of amides is 2. The predicted octanol–water partition coefficient (Wildman–Crippen LogP) is 2.54. The van der Waals surface area contributed by atoms with Gasteiger partial charge in [0.05, 0.1) is 19.1 Å². The number of carbonyl (C=O) groups excluding carboxylic acids is 5. The molecule has 0 aromatic carbocycles. The normalized spacial score (nSPS) is 26.7. The van der Waals surface area contributed by atoms with Gasteiger partial charge in [0, 0.05) is 62.8 Å². The molecule has 0 spiro atoms. The Morgan fingerprint density at radius 1 is 1.29 bits per heavy atom. The lowest BCUT2D eigenvalue weighted by Gasteiger charge is -2.31. The Kier molecular flexibility index (Phi) is 13.2. The number of aliphatic hydroxyl groups excluding tert-OH is 1. The summed E-state index contributed by atoms with van der Waals surface area (Å²) >= 11 is 0. The third kappa shape index (κ3) is 10.8. The van der Waals surface area contributed by atoms with Gasteiger partial charge in [0.25, 0.3) is 5.91 Å². The summed E-state index contributed by atoms with van der Waals surface area (Å²) in [5.41, 5.74) is 1.10. The van der Waals surface area contributed by atoms with Crippen LogP contribution in [0.1, 0.15) is 56.4 Å². The average molecular weight is 681 g/mol. The maximum Gasteiger partial charge on any atom is 0.412 e. The zero-order valence-corrected chi connectivity index (χ0v) is 28.2. The molecular formula is C34H44N6O9. The molecule has 15 nitrogen and oxygen atoms in total. The molecule has 2 aromatic heterocycles. The van der Waals surface area contributed by atoms with E-state index >= 15 is 0 Å². The van der Waals surface area contributed by atoms with E-state index in [9.17, 15) is 29.1 Å². The highest BCUT2D eigenvalue weighted by Crippen LogP contribution is 2.26. The monoisotopic (exact) mass is 680 g/mol. The van der Waals surface area contributed by atoms with Crippen molar-refractivity contribution in [2.45, 2.75) is 64.7 Å². The molecule has 15 heteroatoms. The molecule has 2 aliphatic heterocycles. The van der Waals surface area contributed by atoms with E-state index in [2.05, 4.69) is 20.7 Å². The summed E-state index contributed by atoms with van der Waals surface area (Å²) in [6.45, 7) is 6.13. The van der Waals surface area contributed by atoms with Crippen LogP contribution < -0.4 is 10.6 Å². The summed E-state index contributed by atoms with van der Waals surface area (Å²) < 4.78 is 18.4. The zero-order valence-electron chi connectivity index (χ0n) is 28.2. The summed E-state index contributed by atoms with van der Waals surface area (Å²) in [7, 11) is 1.71. The van der Waals surface area contributed by atoms with E-state index in [-0.39, 0.29) is 49.9 Å².